The molecule has 0 atom stereocenters. The number of nitrogens with one attached hydrogen (secondary N) is 2. The van der Waals surface area contributed by atoms with Crippen LogP contribution in [0.15, 0.2) is 9.26 Å². The highest BCUT2D eigenvalue weighted by Gasteiger charge is 2.90. The van der Waals surface area contributed by atoms with Crippen LogP contribution in [0.4, 0.5) is 11.6 Å². The standard InChI is InChI=1S/C8H6N14O18/c23-15(7(17(25)26,18(27)28)19(29)30)9-3-5(13-39-11-3)37-1-2-38-6-4(12-40-14-6)10-16(24)8(20(31)32,21(33)34)22(35)36/h1-2H2,(H,9,11,23)(H,10,12,24)/q+2. The highest BCUT2D eigenvalue weighted by Crippen LogP contribution is 2.24. The van der Waals surface area contributed by atoms with Gasteiger partial charge in [-0.3, -0.25) is 0 Å². The molecule has 0 saturated heterocycles. The van der Waals surface area contributed by atoms with Gasteiger partial charge < -0.3 is 9.47 Å². The second-order valence-corrected chi connectivity index (χ2v) is 6.09. The van der Waals surface area contributed by atoms with Crippen molar-refractivity contribution in [3.05, 3.63) is 70.5 Å². The Bertz CT molecular complexity index is 1220. The molecule has 2 aromatic heterocycles. The molecule has 2 rings (SSSR count). The van der Waals surface area contributed by atoms with E-state index < -0.39 is 87.7 Å². The fraction of sp³-hybridized carbons (Fsp3) is 0.500. The average molecular weight is 586 g/mol. The number of anilines is 2. The van der Waals surface area contributed by atoms with Gasteiger partial charge in [-0.15, -0.1) is 0 Å². The maximum absolute atomic E-state index is 11.9. The van der Waals surface area contributed by atoms with Gasteiger partial charge in [0, 0.05) is 0 Å². The number of hydrazine groups is 2. The highest BCUT2D eigenvalue weighted by molar-refractivity contribution is 5.41. The minimum absolute atomic E-state index is 0.720. The predicted octanol–water partition coefficient (Wildman–Crippen LogP) is -3.00. The average Bonchev–Trinajstić information content (AvgIpc) is 3.45. The van der Waals surface area contributed by atoms with Gasteiger partial charge in [0.25, 0.3) is 41.2 Å². The molecule has 0 radical (unpaired) electrons. The van der Waals surface area contributed by atoms with Gasteiger partial charge in [-0.2, -0.15) is 0 Å². The van der Waals surface area contributed by atoms with Crippen LogP contribution in [0.2, 0.25) is 0 Å². The molecule has 2 N–H and O–H groups in total. The first-order valence-corrected chi connectivity index (χ1v) is 8.90. The number of nitro groups is 6. The quantitative estimate of drug-likeness (QED) is 0.0613. The van der Waals surface area contributed by atoms with E-state index in [0.29, 0.717) is 0 Å². The van der Waals surface area contributed by atoms with E-state index in [2.05, 4.69) is 29.9 Å². The van der Waals surface area contributed by atoms with Crippen LogP contribution in [0.3, 0.4) is 0 Å². The van der Waals surface area contributed by atoms with E-state index in [1.165, 1.54) is 10.9 Å². The Kier molecular flexibility index (Phi) is 8.06. The number of aromatic nitrogens is 4. The van der Waals surface area contributed by atoms with E-state index in [-0.39, 0.29) is 0 Å². The summed E-state index contributed by atoms with van der Waals surface area (Å²) < 4.78 is 18.0. The molecule has 0 aliphatic heterocycles. The number of nitroso groups, excluding NO2 is 2. The predicted molar refractivity (Wildman–Crippen MR) is 102 cm³/mol. The van der Waals surface area contributed by atoms with E-state index >= 15 is 0 Å². The first-order valence-electron chi connectivity index (χ1n) is 8.90. The van der Waals surface area contributed by atoms with Crippen molar-refractivity contribution in [3.8, 4) is 11.8 Å². The fourth-order valence-electron chi connectivity index (χ4n) is 2.15. The van der Waals surface area contributed by atoms with E-state index in [1.54, 1.807) is 0 Å². The Morgan fingerprint density at radius 1 is 0.550 bits per heavy atom. The van der Waals surface area contributed by atoms with E-state index in [0.717, 1.165) is 0 Å². The van der Waals surface area contributed by atoms with Crippen molar-refractivity contribution in [2.45, 2.75) is 11.8 Å². The molecule has 32 heteroatoms. The molecule has 40 heavy (non-hydrogen) atoms. The summed E-state index contributed by atoms with van der Waals surface area (Å²) in [6.07, 6.45) is 0. The normalized spacial score (nSPS) is 11.1. The van der Waals surface area contributed by atoms with Crippen LogP contribution >= 0.6 is 0 Å². The van der Waals surface area contributed by atoms with Crippen LogP contribution in [0.25, 0.3) is 0 Å². The minimum atomic E-state index is -4.67. The second-order valence-electron chi connectivity index (χ2n) is 6.09. The highest BCUT2D eigenvalue weighted by atomic mass is 16.8. The largest absolute Gasteiger partial charge is 0.972 e. The Labute approximate surface area is 209 Å². The van der Waals surface area contributed by atoms with Gasteiger partial charge in [0.1, 0.15) is 13.2 Å². The Balaban J connectivity index is 2.08. The smallest absolute Gasteiger partial charge is 0.469 e. The molecule has 0 aromatic carbocycles. The molecule has 0 amide bonds. The van der Waals surface area contributed by atoms with Gasteiger partial charge in [-0.25, -0.2) is 69.9 Å². The number of nitrogens with zero attached hydrogens (tertiary/aromatic N) is 12. The fourth-order valence-corrected chi connectivity index (χ4v) is 2.15. The Morgan fingerprint density at radius 2 is 0.825 bits per heavy atom. The molecule has 0 bridgehead atoms. The lowest BCUT2D eigenvalue weighted by molar-refractivity contribution is -1.12. The molecule has 0 fully saturated rings. The lowest BCUT2D eigenvalue weighted by Crippen LogP contribution is -2.62. The minimum Gasteiger partial charge on any atom is -0.469 e. The molecule has 0 saturated carbocycles. The lowest BCUT2D eigenvalue weighted by atomic mass is 10.6. The maximum Gasteiger partial charge on any atom is 0.972 e. The number of ether oxygens (including phenoxy) is 2. The van der Waals surface area contributed by atoms with Crippen molar-refractivity contribution in [1.82, 2.24) is 20.6 Å². The van der Waals surface area contributed by atoms with Gasteiger partial charge in [0.2, 0.25) is 0 Å². The van der Waals surface area contributed by atoms with Gasteiger partial charge in [0.15, 0.2) is 0 Å². The molecular weight excluding hydrogens is 580 g/mol. The summed E-state index contributed by atoms with van der Waals surface area (Å²) in [7, 11) is 0. The molecule has 32 nitrogen and oxygen atoms in total. The van der Waals surface area contributed by atoms with Crippen molar-refractivity contribution in [1.29, 1.82) is 0 Å². The topological polar surface area (TPSA) is 419 Å². The second kappa shape index (κ2) is 11.0. The number of rotatable bonds is 17. The van der Waals surface area contributed by atoms with Gasteiger partial charge in [0.05, 0.1) is 9.81 Å². The SMILES string of the molecule is O=[N+]([O-])C([N+](=O)[O-])([N+](=O)[O-])[N+](=O)Nc1nonc1OCCOc1nonc1N[N+](=O)C([N+](=O)[O-])([N+](=O)[O-])[N+](=O)[O-]. The van der Waals surface area contributed by atoms with Crippen LogP contribution in [-0.4, -0.2) is 84.9 Å². The van der Waals surface area contributed by atoms with Crippen LogP contribution in [-0.2, 0) is 0 Å². The lowest BCUT2D eigenvalue weighted by Gasteiger charge is -2.04. The van der Waals surface area contributed by atoms with Crippen molar-refractivity contribution in [2.24, 2.45) is 0 Å². The Morgan fingerprint density at radius 3 is 1.07 bits per heavy atom. The summed E-state index contributed by atoms with van der Waals surface area (Å²) in [5, 5.41) is 77.5. The third kappa shape index (κ3) is 4.86. The van der Waals surface area contributed by atoms with Crippen LogP contribution in [0.1, 0.15) is 0 Å². The molecule has 0 spiro atoms. The van der Waals surface area contributed by atoms with Crippen molar-refractivity contribution in [3.63, 3.8) is 0 Å². The summed E-state index contributed by atoms with van der Waals surface area (Å²) >= 11 is 0. The van der Waals surface area contributed by atoms with E-state index in [1.807, 2.05) is 0 Å². The molecule has 214 valence electrons. The first kappa shape index (κ1) is 29.3. The third-order valence-electron chi connectivity index (χ3n) is 3.91. The summed E-state index contributed by atoms with van der Waals surface area (Å²) in [4.78, 5) is 73.7. The summed E-state index contributed by atoms with van der Waals surface area (Å²) in [5.74, 6) is -13.2. The molecule has 0 aliphatic rings. The summed E-state index contributed by atoms with van der Waals surface area (Å²) in [5.41, 5.74) is 2.54. The number of hydrogen-bond donors (Lipinski definition) is 2. The summed E-state index contributed by atoms with van der Waals surface area (Å²) in [6.45, 7) is -1.44. The van der Waals surface area contributed by atoms with Gasteiger partial charge in [-0.05, 0) is 20.6 Å². The first-order chi connectivity index (χ1) is 18.6. The zero-order valence-electron chi connectivity index (χ0n) is 18.1. The van der Waals surface area contributed by atoms with Crippen LogP contribution in [0, 0.1) is 70.5 Å². The molecule has 0 unspecified atom stereocenters. The van der Waals surface area contributed by atoms with Crippen molar-refractivity contribution < 1.29 is 58.0 Å². The van der Waals surface area contributed by atoms with E-state index in [4.69, 9.17) is 9.47 Å². The van der Waals surface area contributed by atoms with Crippen LogP contribution in [0.5, 0.6) is 11.8 Å². The van der Waals surface area contributed by atoms with Gasteiger partial charge >= 0.3 is 33.3 Å². The summed E-state index contributed by atoms with van der Waals surface area (Å²) in [6, 6.07) is 0. The van der Waals surface area contributed by atoms with E-state index in [9.17, 15) is 70.5 Å². The van der Waals surface area contributed by atoms with Crippen molar-refractivity contribution in [2.75, 3.05) is 24.1 Å². The molecule has 2 heterocycles. The monoisotopic (exact) mass is 586 g/mol. The van der Waals surface area contributed by atoms with Gasteiger partial charge in [-0.1, -0.05) is 10.9 Å². The maximum atomic E-state index is 11.9. The molecular formula is C8H6N14O18+2. The Hall–Kier alpha value is -6.92. The van der Waals surface area contributed by atoms with Crippen molar-refractivity contribution >= 4 is 11.6 Å². The van der Waals surface area contributed by atoms with Crippen LogP contribution < -0.4 is 20.3 Å². The zero-order valence-corrected chi connectivity index (χ0v) is 18.1. The molecule has 2 aromatic rings. The molecule has 0 aliphatic carbocycles. The number of hydrogen-bond acceptors (Lipinski definition) is 22. The third-order valence-corrected chi connectivity index (χ3v) is 3.91. The zero-order chi connectivity index (χ0) is 30.4.